The van der Waals surface area contributed by atoms with Gasteiger partial charge in [0, 0.05) is 6.42 Å². The molecule has 0 bridgehead atoms. The van der Waals surface area contributed by atoms with Gasteiger partial charge in [-0.15, -0.1) is 0 Å². The number of aliphatic hydroxyl groups is 3. The van der Waals surface area contributed by atoms with Gasteiger partial charge in [-0.2, -0.15) is 0 Å². The number of unbranched alkanes of at least 4 members (excludes halogenated alkanes) is 39. The van der Waals surface area contributed by atoms with E-state index in [-0.39, 0.29) is 12.5 Å². The summed E-state index contributed by atoms with van der Waals surface area (Å²) in [6.45, 7) is 4.20. The maximum atomic E-state index is 12.5. The van der Waals surface area contributed by atoms with Crippen LogP contribution in [0, 0.1) is 0 Å². The largest absolute Gasteiger partial charge is 0.394 e. The zero-order chi connectivity index (χ0) is 42.3. The van der Waals surface area contributed by atoms with Crippen LogP contribution in [0.4, 0.5) is 0 Å². The van der Waals surface area contributed by atoms with Crippen LogP contribution in [0.1, 0.15) is 296 Å². The minimum Gasteiger partial charge on any atom is -0.394 e. The van der Waals surface area contributed by atoms with Crippen molar-refractivity contribution < 1.29 is 20.1 Å². The van der Waals surface area contributed by atoms with Crippen LogP contribution in [-0.4, -0.2) is 46.1 Å². The fourth-order valence-electron chi connectivity index (χ4n) is 8.51. The van der Waals surface area contributed by atoms with Gasteiger partial charge in [0.1, 0.15) is 6.10 Å². The monoisotopic (exact) mass is 820 g/mol. The zero-order valence-electron chi connectivity index (χ0n) is 39.5. The lowest BCUT2D eigenvalue weighted by molar-refractivity contribution is -0.124. The summed E-state index contributed by atoms with van der Waals surface area (Å²) in [5, 5.41) is 33.6. The van der Waals surface area contributed by atoms with Gasteiger partial charge in [-0.25, -0.2) is 0 Å². The lowest BCUT2D eigenvalue weighted by Crippen LogP contribution is -2.50. The van der Waals surface area contributed by atoms with Crippen LogP contribution in [-0.2, 0) is 4.79 Å². The zero-order valence-corrected chi connectivity index (χ0v) is 39.5. The van der Waals surface area contributed by atoms with E-state index in [1.165, 1.54) is 231 Å². The summed E-state index contributed by atoms with van der Waals surface area (Å²) in [7, 11) is 0. The Bertz CT molecular complexity index is 818. The highest BCUT2D eigenvalue weighted by atomic mass is 16.3. The number of amides is 1. The number of carbonyl (C=O) groups is 1. The Morgan fingerprint density at radius 2 is 0.690 bits per heavy atom. The van der Waals surface area contributed by atoms with E-state index in [9.17, 15) is 20.1 Å². The molecule has 346 valence electrons. The molecule has 58 heavy (non-hydrogen) atoms. The highest BCUT2D eigenvalue weighted by Gasteiger charge is 2.26. The topological polar surface area (TPSA) is 89.8 Å². The third-order valence-electron chi connectivity index (χ3n) is 12.6. The van der Waals surface area contributed by atoms with Gasteiger partial charge in [-0.05, 0) is 38.5 Å². The molecule has 0 fully saturated rings. The minimum absolute atomic E-state index is 0.140. The van der Waals surface area contributed by atoms with Crippen LogP contribution in [0.2, 0.25) is 0 Å². The molecule has 3 atom stereocenters. The van der Waals surface area contributed by atoms with E-state index in [0.29, 0.717) is 12.8 Å². The van der Waals surface area contributed by atoms with Gasteiger partial charge in [0.2, 0.25) is 5.91 Å². The Labute approximate surface area is 363 Å². The van der Waals surface area contributed by atoms with Crippen LogP contribution in [0.3, 0.4) is 0 Å². The molecule has 0 aromatic heterocycles. The van der Waals surface area contributed by atoms with E-state index in [0.717, 1.165) is 38.5 Å². The van der Waals surface area contributed by atoms with Crippen molar-refractivity contribution in [3.63, 3.8) is 0 Å². The quantitative estimate of drug-likeness (QED) is 0.0364. The molecular formula is C53H105NO4. The molecule has 0 aromatic carbocycles. The van der Waals surface area contributed by atoms with Gasteiger partial charge < -0.3 is 20.6 Å². The predicted molar refractivity (Wildman–Crippen MR) is 255 cm³/mol. The van der Waals surface area contributed by atoms with E-state index < -0.39 is 18.2 Å². The van der Waals surface area contributed by atoms with E-state index in [1.807, 2.05) is 0 Å². The second-order valence-corrected chi connectivity index (χ2v) is 18.4. The normalized spacial score (nSPS) is 13.4. The van der Waals surface area contributed by atoms with Crippen molar-refractivity contribution in [3.8, 4) is 0 Å². The first-order valence-electron chi connectivity index (χ1n) is 26.5. The van der Waals surface area contributed by atoms with Crippen molar-refractivity contribution in [1.82, 2.24) is 5.32 Å². The molecule has 4 N–H and O–H groups in total. The van der Waals surface area contributed by atoms with Gasteiger partial charge in [0.25, 0.3) is 0 Å². The maximum absolute atomic E-state index is 12.5. The molecule has 0 rings (SSSR count). The second-order valence-electron chi connectivity index (χ2n) is 18.4. The third-order valence-corrected chi connectivity index (χ3v) is 12.6. The fraction of sp³-hybridized carbons (Fsp3) is 0.943. The first kappa shape index (κ1) is 57.1. The van der Waals surface area contributed by atoms with Crippen molar-refractivity contribution in [3.05, 3.63) is 12.2 Å². The minimum atomic E-state index is -1.13. The Balaban J connectivity index is 3.47. The molecule has 3 unspecified atom stereocenters. The predicted octanol–water partition coefficient (Wildman–Crippen LogP) is 15.9. The first-order valence-corrected chi connectivity index (χ1v) is 26.5. The average molecular weight is 820 g/mol. The summed E-state index contributed by atoms with van der Waals surface area (Å²) in [5.74, 6) is -0.140. The highest BCUT2D eigenvalue weighted by Crippen LogP contribution is 2.17. The van der Waals surface area contributed by atoms with Gasteiger partial charge >= 0.3 is 0 Å². The number of aliphatic hydroxyl groups excluding tert-OH is 3. The summed E-state index contributed by atoms with van der Waals surface area (Å²) in [6, 6.07) is -0.805. The van der Waals surface area contributed by atoms with Crippen molar-refractivity contribution >= 4 is 5.91 Å². The second kappa shape index (κ2) is 48.8. The molecule has 0 radical (unpaired) electrons. The fourth-order valence-corrected chi connectivity index (χ4v) is 8.51. The Hall–Kier alpha value is -0.910. The molecule has 0 saturated heterocycles. The number of nitrogens with one attached hydrogen (secondary N) is 1. The lowest BCUT2D eigenvalue weighted by atomic mass is 9.99. The van der Waals surface area contributed by atoms with Crippen molar-refractivity contribution in [2.75, 3.05) is 6.61 Å². The van der Waals surface area contributed by atoms with E-state index >= 15 is 0 Å². The Morgan fingerprint density at radius 3 is 1.00 bits per heavy atom. The summed E-state index contributed by atoms with van der Waals surface area (Å²) in [6.07, 6.45) is 59.3. The van der Waals surface area contributed by atoms with Crippen molar-refractivity contribution in [2.24, 2.45) is 0 Å². The average Bonchev–Trinajstić information content (AvgIpc) is 3.23. The van der Waals surface area contributed by atoms with Crippen LogP contribution in [0.5, 0.6) is 0 Å². The maximum Gasteiger partial charge on any atom is 0.220 e. The molecule has 0 aromatic rings. The Morgan fingerprint density at radius 1 is 0.414 bits per heavy atom. The summed E-state index contributed by atoms with van der Waals surface area (Å²) < 4.78 is 0. The summed E-state index contributed by atoms with van der Waals surface area (Å²) in [5.41, 5.74) is 0. The summed E-state index contributed by atoms with van der Waals surface area (Å²) in [4.78, 5) is 12.5. The molecule has 0 aliphatic rings. The van der Waals surface area contributed by atoms with Crippen molar-refractivity contribution in [1.29, 1.82) is 0 Å². The lowest BCUT2D eigenvalue weighted by Gasteiger charge is -2.26. The highest BCUT2D eigenvalue weighted by molar-refractivity contribution is 5.76. The van der Waals surface area contributed by atoms with Crippen molar-refractivity contribution in [2.45, 2.75) is 315 Å². The molecule has 0 heterocycles. The molecule has 5 heteroatoms. The standard InChI is InChI=1S/C53H105NO4/c1-3-5-7-9-11-13-15-17-18-19-20-21-22-23-24-25-26-27-28-29-30-31-32-33-34-36-38-40-42-44-46-48-52(57)54-50(49-55)53(58)51(56)47-45-43-41-39-37-35-16-14-12-10-8-6-4-2/h23-24,50-51,53,55-56,58H,3-22,25-49H2,1-2H3,(H,54,57)/b24-23-. The molecule has 0 aliphatic carbocycles. The SMILES string of the molecule is CCCCCCCCCCCCCC/C=C\CCCCCCCCCCCCCCCCCC(=O)NC(CO)C(O)C(O)CCCCCCCCCCCCCCC. The van der Waals surface area contributed by atoms with E-state index in [4.69, 9.17) is 0 Å². The van der Waals surface area contributed by atoms with Crippen LogP contribution in [0.25, 0.3) is 0 Å². The molecule has 1 amide bonds. The van der Waals surface area contributed by atoms with E-state index in [1.54, 1.807) is 0 Å². The van der Waals surface area contributed by atoms with Crippen LogP contribution < -0.4 is 5.32 Å². The number of carbonyl (C=O) groups excluding carboxylic acids is 1. The Kier molecular flexibility index (Phi) is 48.0. The number of allylic oxidation sites excluding steroid dienone is 2. The molecule has 0 saturated carbocycles. The van der Waals surface area contributed by atoms with Gasteiger partial charge in [-0.3, -0.25) is 4.79 Å². The van der Waals surface area contributed by atoms with Gasteiger partial charge in [0.05, 0.1) is 18.8 Å². The van der Waals surface area contributed by atoms with E-state index in [2.05, 4.69) is 31.3 Å². The van der Waals surface area contributed by atoms with Gasteiger partial charge in [0.15, 0.2) is 0 Å². The number of hydrogen-bond donors (Lipinski definition) is 4. The summed E-state index contributed by atoms with van der Waals surface area (Å²) >= 11 is 0. The molecule has 0 aliphatic heterocycles. The molecule has 0 spiro atoms. The third kappa shape index (κ3) is 43.2. The van der Waals surface area contributed by atoms with Crippen LogP contribution in [0.15, 0.2) is 12.2 Å². The van der Waals surface area contributed by atoms with Gasteiger partial charge in [-0.1, -0.05) is 264 Å². The first-order chi connectivity index (χ1) is 28.6. The number of hydrogen-bond acceptors (Lipinski definition) is 4. The molecule has 5 nitrogen and oxygen atoms in total. The number of rotatable bonds is 49. The smallest absolute Gasteiger partial charge is 0.220 e. The van der Waals surface area contributed by atoms with Crippen LogP contribution >= 0.6 is 0 Å². The molecular weight excluding hydrogens is 715 g/mol.